The molecule has 0 aliphatic heterocycles. The second-order valence-electron chi connectivity index (χ2n) is 4.93. The number of rotatable bonds is 7. The smallest absolute Gasteiger partial charge is 0.267 e. The minimum atomic E-state index is -0.203. The zero-order chi connectivity index (χ0) is 15.2. The number of H-pyrrole nitrogens is 1. The molecule has 0 radical (unpaired) electrons. The number of aromatic amines is 1. The number of ether oxygens (including phenoxy) is 1. The first-order valence-electron chi connectivity index (χ1n) is 6.85. The fourth-order valence-electron chi connectivity index (χ4n) is 1.98. The highest BCUT2D eigenvalue weighted by atomic mass is 16.5. The first kappa shape index (κ1) is 14.9. The van der Waals surface area contributed by atoms with E-state index in [0.717, 1.165) is 16.7 Å². The minimum absolute atomic E-state index is 0.106. The Balaban J connectivity index is 2.07. The first-order valence-corrected chi connectivity index (χ1v) is 6.85. The van der Waals surface area contributed by atoms with Crippen molar-refractivity contribution in [2.45, 2.75) is 20.0 Å². The predicted molar refractivity (Wildman–Crippen MR) is 80.5 cm³/mol. The van der Waals surface area contributed by atoms with Crippen molar-refractivity contribution in [3.05, 3.63) is 30.0 Å². The van der Waals surface area contributed by atoms with E-state index in [1.807, 2.05) is 32.0 Å². The van der Waals surface area contributed by atoms with Gasteiger partial charge in [0.2, 0.25) is 6.41 Å². The van der Waals surface area contributed by atoms with Gasteiger partial charge in [-0.15, -0.1) is 0 Å². The van der Waals surface area contributed by atoms with Crippen LogP contribution in [-0.4, -0.2) is 36.5 Å². The zero-order valence-corrected chi connectivity index (χ0v) is 12.1. The molecule has 2 amide bonds. The fourth-order valence-corrected chi connectivity index (χ4v) is 1.98. The summed E-state index contributed by atoms with van der Waals surface area (Å²) in [6.45, 7) is 4.72. The van der Waals surface area contributed by atoms with Crippen molar-refractivity contribution in [1.29, 1.82) is 0 Å². The third kappa shape index (κ3) is 3.98. The predicted octanol–water partition coefficient (Wildman–Crippen LogP) is 1.43. The highest BCUT2D eigenvalue weighted by Crippen LogP contribution is 2.22. The molecule has 0 unspecified atom stereocenters. The Bertz CT molecular complexity index is 634. The van der Waals surface area contributed by atoms with Crippen molar-refractivity contribution in [3.63, 3.8) is 0 Å². The molecule has 0 aliphatic rings. The van der Waals surface area contributed by atoms with Crippen molar-refractivity contribution in [2.24, 2.45) is 0 Å². The van der Waals surface area contributed by atoms with Crippen molar-refractivity contribution < 1.29 is 14.3 Å². The van der Waals surface area contributed by atoms with Crippen molar-refractivity contribution in [1.82, 2.24) is 15.6 Å². The van der Waals surface area contributed by atoms with Gasteiger partial charge >= 0.3 is 0 Å². The molecule has 1 aromatic heterocycles. The van der Waals surface area contributed by atoms with E-state index in [2.05, 4.69) is 15.6 Å². The maximum absolute atomic E-state index is 12.0. The Kier molecular flexibility index (Phi) is 4.81. The van der Waals surface area contributed by atoms with Crippen LogP contribution in [0.4, 0.5) is 0 Å². The summed E-state index contributed by atoms with van der Waals surface area (Å²) in [5, 5.41) is 6.12. The number of amides is 2. The second kappa shape index (κ2) is 6.78. The Morgan fingerprint density at radius 1 is 1.33 bits per heavy atom. The lowest BCUT2D eigenvalue weighted by Gasteiger charge is -2.08. The molecule has 1 heterocycles. The van der Waals surface area contributed by atoms with E-state index < -0.39 is 0 Å². The molecule has 0 bridgehead atoms. The molecule has 112 valence electrons. The molecule has 0 aliphatic carbocycles. The SMILES string of the molecule is CC(C)Oc1ccc2[nH]c(C(=O)NCCNC=O)cc2c1. The minimum Gasteiger partial charge on any atom is -0.491 e. The van der Waals surface area contributed by atoms with Crippen LogP contribution in [0.2, 0.25) is 0 Å². The molecule has 0 saturated heterocycles. The number of fused-ring (bicyclic) bond motifs is 1. The van der Waals surface area contributed by atoms with Gasteiger partial charge in [0.05, 0.1) is 6.10 Å². The van der Waals surface area contributed by atoms with Gasteiger partial charge in [0.25, 0.3) is 5.91 Å². The lowest BCUT2D eigenvalue weighted by molar-refractivity contribution is -0.109. The number of hydrogen-bond donors (Lipinski definition) is 3. The van der Waals surface area contributed by atoms with Crippen LogP contribution < -0.4 is 15.4 Å². The molecule has 0 atom stereocenters. The number of carbonyl (C=O) groups is 2. The maximum atomic E-state index is 12.0. The van der Waals surface area contributed by atoms with E-state index in [1.165, 1.54) is 0 Å². The molecule has 1 aromatic carbocycles. The van der Waals surface area contributed by atoms with Crippen LogP contribution in [0.5, 0.6) is 5.75 Å². The number of hydrogen-bond acceptors (Lipinski definition) is 3. The number of benzene rings is 1. The van der Waals surface area contributed by atoms with Crippen LogP contribution >= 0.6 is 0 Å². The molecule has 0 fully saturated rings. The van der Waals surface area contributed by atoms with E-state index in [1.54, 1.807) is 6.07 Å². The molecule has 6 nitrogen and oxygen atoms in total. The Hall–Kier alpha value is -2.50. The Morgan fingerprint density at radius 3 is 2.86 bits per heavy atom. The van der Waals surface area contributed by atoms with Gasteiger partial charge in [0, 0.05) is 24.0 Å². The third-order valence-electron chi connectivity index (χ3n) is 2.85. The van der Waals surface area contributed by atoms with Gasteiger partial charge in [0.15, 0.2) is 0 Å². The van der Waals surface area contributed by atoms with E-state index >= 15 is 0 Å². The average molecular weight is 289 g/mol. The largest absolute Gasteiger partial charge is 0.491 e. The lowest BCUT2D eigenvalue weighted by atomic mass is 10.2. The van der Waals surface area contributed by atoms with E-state index in [-0.39, 0.29) is 12.0 Å². The molecule has 3 N–H and O–H groups in total. The molecule has 0 spiro atoms. The summed E-state index contributed by atoms with van der Waals surface area (Å²) in [6.07, 6.45) is 0.709. The zero-order valence-electron chi connectivity index (χ0n) is 12.1. The van der Waals surface area contributed by atoms with Crippen LogP contribution in [0.15, 0.2) is 24.3 Å². The quantitative estimate of drug-likeness (QED) is 0.532. The van der Waals surface area contributed by atoms with Crippen LogP contribution in [0, 0.1) is 0 Å². The normalized spacial score (nSPS) is 10.6. The van der Waals surface area contributed by atoms with Gasteiger partial charge in [-0.05, 0) is 38.1 Å². The van der Waals surface area contributed by atoms with E-state index in [4.69, 9.17) is 4.74 Å². The molecule has 2 aromatic rings. The summed E-state index contributed by atoms with van der Waals surface area (Å²) >= 11 is 0. The van der Waals surface area contributed by atoms with Crippen LogP contribution in [0.3, 0.4) is 0 Å². The Labute approximate surface area is 122 Å². The van der Waals surface area contributed by atoms with E-state index in [9.17, 15) is 9.59 Å². The van der Waals surface area contributed by atoms with Gasteiger partial charge in [-0.1, -0.05) is 0 Å². The maximum Gasteiger partial charge on any atom is 0.267 e. The second-order valence-corrected chi connectivity index (χ2v) is 4.93. The average Bonchev–Trinajstić information content (AvgIpc) is 2.86. The molecule has 2 rings (SSSR count). The summed E-state index contributed by atoms with van der Waals surface area (Å²) in [4.78, 5) is 25.1. The Morgan fingerprint density at radius 2 is 2.14 bits per heavy atom. The molecule has 0 saturated carbocycles. The molecular weight excluding hydrogens is 270 g/mol. The van der Waals surface area contributed by atoms with Gasteiger partial charge in [-0.25, -0.2) is 0 Å². The van der Waals surface area contributed by atoms with Gasteiger partial charge in [0.1, 0.15) is 11.4 Å². The molecule has 6 heteroatoms. The highest BCUT2D eigenvalue weighted by molar-refractivity contribution is 5.98. The van der Waals surface area contributed by atoms with E-state index in [0.29, 0.717) is 25.2 Å². The monoisotopic (exact) mass is 289 g/mol. The van der Waals surface area contributed by atoms with Gasteiger partial charge in [-0.2, -0.15) is 0 Å². The topological polar surface area (TPSA) is 83.2 Å². The third-order valence-corrected chi connectivity index (χ3v) is 2.85. The summed E-state index contributed by atoms with van der Waals surface area (Å²) in [7, 11) is 0. The molecular formula is C15H19N3O3. The summed E-state index contributed by atoms with van der Waals surface area (Å²) in [5.74, 6) is 0.573. The summed E-state index contributed by atoms with van der Waals surface area (Å²) in [6, 6.07) is 7.44. The van der Waals surface area contributed by atoms with Crippen molar-refractivity contribution in [3.8, 4) is 5.75 Å². The number of carbonyl (C=O) groups excluding carboxylic acids is 2. The summed E-state index contributed by atoms with van der Waals surface area (Å²) < 4.78 is 5.63. The van der Waals surface area contributed by atoms with Gasteiger partial charge in [-0.3, -0.25) is 9.59 Å². The van der Waals surface area contributed by atoms with Crippen LogP contribution in [-0.2, 0) is 4.79 Å². The highest BCUT2D eigenvalue weighted by Gasteiger charge is 2.09. The standard InChI is InChI=1S/C15H19N3O3/c1-10(2)21-12-3-4-13-11(7-12)8-14(18-13)15(20)17-6-5-16-9-19/h3-4,7-10,18H,5-6H2,1-2H3,(H,16,19)(H,17,20). The van der Waals surface area contributed by atoms with Crippen molar-refractivity contribution in [2.75, 3.05) is 13.1 Å². The van der Waals surface area contributed by atoms with Gasteiger partial charge < -0.3 is 20.4 Å². The number of nitrogens with one attached hydrogen (secondary N) is 3. The molecule has 21 heavy (non-hydrogen) atoms. The fraction of sp³-hybridized carbons (Fsp3) is 0.333. The van der Waals surface area contributed by atoms with Crippen molar-refractivity contribution >= 4 is 23.2 Å². The number of aromatic nitrogens is 1. The first-order chi connectivity index (χ1) is 10.1. The summed E-state index contributed by atoms with van der Waals surface area (Å²) in [5.41, 5.74) is 1.36. The van der Waals surface area contributed by atoms with Crippen LogP contribution in [0.1, 0.15) is 24.3 Å². The van der Waals surface area contributed by atoms with Crippen LogP contribution in [0.25, 0.3) is 10.9 Å². The lowest BCUT2D eigenvalue weighted by Crippen LogP contribution is -2.31.